The minimum absolute atomic E-state index is 0.172. The Hall–Kier alpha value is -2.92. The first-order valence-electron chi connectivity index (χ1n) is 12.8. The molecule has 0 unspecified atom stereocenters. The first-order chi connectivity index (χ1) is 16.7. The average Bonchev–Trinajstić information content (AvgIpc) is 3.39. The van der Waals surface area contributed by atoms with Gasteiger partial charge in [0, 0.05) is 43.9 Å². The summed E-state index contributed by atoms with van der Waals surface area (Å²) < 4.78 is 6.27. The first kappa shape index (κ1) is 22.9. The number of pyridine rings is 1. The van der Waals surface area contributed by atoms with Gasteiger partial charge in [-0.2, -0.15) is 0 Å². The summed E-state index contributed by atoms with van der Waals surface area (Å²) in [5.41, 5.74) is 4.63. The predicted molar refractivity (Wildman–Crippen MR) is 137 cm³/mol. The number of hydrogen-bond acceptors (Lipinski definition) is 4. The van der Waals surface area contributed by atoms with Gasteiger partial charge in [0.15, 0.2) is 0 Å². The molecule has 2 fully saturated rings. The van der Waals surface area contributed by atoms with Crippen molar-refractivity contribution in [1.82, 2.24) is 14.8 Å². The lowest BCUT2D eigenvalue weighted by Crippen LogP contribution is -2.41. The van der Waals surface area contributed by atoms with Crippen LogP contribution < -0.4 is 4.74 Å². The fourth-order valence-corrected chi connectivity index (χ4v) is 5.35. The van der Waals surface area contributed by atoms with Gasteiger partial charge in [0.05, 0.1) is 5.52 Å². The highest BCUT2D eigenvalue weighted by Crippen LogP contribution is 2.30. The van der Waals surface area contributed by atoms with Gasteiger partial charge in [-0.25, -0.2) is 0 Å². The molecule has 5 nitrogen and oxygen atoms in total. The summed E-state index contributed by atoms with van der Waals surface area (Å²) in [6, 6.07) is 16.8. The Bertz CT molecular complexity index is 1110. The molecule has 34 heavy (non-hydrogen) atoms. The maximum atomic E-state index is 12.6. The molecule has 2 aliphatic rings. The van der Waals surface area contributed by atoms with E-state index in [1.807, 2.05) is 17.2 Å². The van der Waals surface area contributed by atoms with Crippen LogP contribution in [0.25, 0.3) is 22.0 Å². The second-order valence-corrected chi connectivity index (χ2v) is 9.69. The zero-order valence-corrected chi connectivity index (χ0v) is 20.2. The van der Waals surface area contributed by atoms with E-state index in [0.29, 0.717) is 12.3 Å². The van der Waals surface area contributed by atoms with Gasteiger partial charge in [-0.1, -0.05) is 30.3 Å². The number of amides is 1. The average molecular weight is 458 g/mol. The summed E-state index contributed by atoms with van der Waals surface area (Å²) in [4.78, 5) is 21.7. The molecule has 1 amide bonds. The van der Waals surface area contributed by atoms with E-state index in [-0.39, 0.29) is 6.10 Å². The van der Waals surface area contributed by atoms with Crippen LogP contribution in [0.5, 0.6) is 5.75 Å². The highest BCUT2D eigenvalue weighted by molar-refractivity contribution is 5.88. The van der Waals surface area contributed by atoms with Gasteiger partial charge in [-0.05, 0) is 80.7 Å². The molecule has 0 N–H and O–H groups in total. The number of carbonyl (C=O) groups excluding carboxylic acids is 1. The standard InChI is InChI=1S/C29H35N3O2/c1-22-27(13-10-24-6-4-16-30-29(22)24)23-8-11-25(12-9-23)34-26-14-20-32(21-15-26)28(33)7-5-19-31-17-2-3-18-31/h4,6,8-13,16,26H,2-3,5,7,14-15,17-21H2,1H3. The fraction of sp³-hybridized carbons (Fsp3) is 0.448. The van der Waals surface area contributed by atoms with Crippen molar-refractivity contribution in [2.45, 2.75) is 51.6 Å². The molecular formula is C29H35N3O2. The minimum atomic E-state index is 0.172. The Kier molecular flexibility index (Phi) is 7.10. The zero-order valence-electron chi connectivity index (χ0n) is 20.2. The van der Waals surface area contributed by atoms with Gasteiger partial charge in [0.25, 0.3) is 0 Å². The van der Waals surface area contributed by atoms with Crippen LogP contribution in [0, 0.1) is 6.92 Å². The molecule has 5 rings (SSSR count). The van der Waals surface area contributed by atoms with Crippen LogP contribution in [-0.2, 0) is 4.79 Å². The van der Waals surface area contributed by atoms with Crippen molar-refractivity contribution in [3.63, 3.8) is 0 Å². The summed E-state index contributed by atoms with van der Waals surface area (Å²) in [5.74, 6) is 1.21. The van der Waals surface area contributed by atoms with Gasteiger partial charge in [0.1, 0.15) is 11.9 Å². The number of nitrogens with zero attached hydrogens (tertiary/aromatic N) is 3. The van der Waals surface area contributed by atoms with Crippen LogP contribution in [0.15, 0.2) is 54.7 Å². The summed E-state index contributed by atoms with van der Waals surface area (Å²) in [5, 5.41) is 1.17. The largest absolute Gasteiger partial charge is 0.490 e. The van der Waals surface area contributed by atoms with Gasteiger partial charge in [0.2, 0.25) is 5.91 Å². The lowest BCUT2D eigenvalue weighted by Gasteiger charge is -2.32. The van der Waals surface area contributed by atoms with E-state index < -0.39 is 0 Å². The van der Waals surface area contributed by atoms with Gasteiger partial charge >= 0.3 is 0 Å². The van der Waals surface area contributed by atoms with Gasteiger partial charge in [-0.15, -0.1) is 0 Å². The topological polar surface area (TPSA) is 45.7 Å². The Morgan fingerprint density at radius 1 is 1.00 bits per heavy atom. The van der Waals surface area contributed by atoms with Crippen molar-refractivity contribution in [3.8, 4) is 16.9 Å². The van der Waals surface area contributed by atoms with E-state index in [4.69, 9.17) is 4.74 Å². The van der Waals surface area contributed by atoms with Crippen molar-refractivity contribution in [3.05, 3.63) is 60.3 Å². The summed E-state index contributed by atoms with van der Waals surface area (Å²) >= 11 is 0. The molecule has 178 valence electrons. The molecule has 0 aliphatic carbocycles. The van der Waals surface area contributed by atoms with Crippen molar-refractivity contribution >= 4 is 16.8 Å². The van der Waals surface area contributed by atoms with Crippen LogP contribution in [0.4, 0.5) is 0 Å². The molecule has 3 aromatic rings. The number of aryl methyl sites for hydroxylation is 1. The third-order valence-electron chi connectivity index (χ3n) is 7.35. The maximum Gasteiger partial charge on any atom is 0.222 e. The minimum Gasteiger partial charge on any atom is -0.490 e. The maximum absolute atomic E-state index is 12.6. The number of carbonyl (C=O) groups is 1. The Morgan fingerprint density at radius 3 is 2.53 bits per heavy atom. The number of rotatable bonds is 7. The lowest BCUT2D eigenvalue weighted by molar-refractivity contribution is -0.133. The molecule has 0 radical (unpaired) electrons. The molecule has 0 saturated carbocycles. The van der Waals surface area contributed by atoms with E-state index in [0.717, 1.165) is 50.2 Å². The van der Waals surface area contributed by atoms with Crippen molar-refractivity contribution in [2.75, 3.05) is 32.7 Å². The van der Waals surface area contributed by atoms with Gasteiger partial charge < -0.3 is 14.5 Å². The third-order valence-corrected chi connectivity index (χ3v) is 7.35. The quantitative estimate of drug-likeness (QED) is 0.473. The second-order valence-electron chi connectivity index (χ2n) is 9.69. The Labute approximate surface area is 202 Å². The van der Waals surface area contributed by atoms with Crippen LogP contribution in [0.3, 0.4) is 0 Å². The highest BCUT2D eigenvalue weighted by Gasteiger charge is 2.24. The second kappa shape index (κ2) is 10.6. The molecular weight excluding hydrogens is 422 g/mol. The van der Waals surface area contributed by atoms with Crippen LogP contribution in [0.1, 0.15) is 44.1 Å². The molecule has 2 aliphatic heterocycles. The van der Waals surface area contributed by atoms with E-state index >= 15 is 0 Å². The predicted octanol–water partition coefficient (Wildman–Crippen LogP) is 5.46. The number of piperidine rings is 1. The Morgan fingerprint density at radius 2 is 1.76 bits per heavy atom. The van der Waals surface area contributed by atoms with E-state index in [1.165, 1.54) is 48.0 Å². The molecule has 2 aromatic carbocycles. The van der Waals surface area contributed by atoms with E-state index in [9.17, 15) is 4.79 Å². The fourth-order valence-electron chi connectivity index (χ4n) is 5.35. The number of hydrogen-bond donors (Lipinski definition) is 0. The zero-order chi connectivity index (χ0) is 23.3. The molecule has 0 bridgehead atoms. The first-order valence-corrected chi connectivity index (χ1v) is 12.8. The molecule has 3 heterocycles. The number of fused-ring (bicyclic) bond motifs is 1. The molecule has 5 heteroatoms. The SMILES string of the molecule is Cc1c(-c2ccc(OC3CCN(C(=O)CCCN4CCCC4)CC3)cc2)ccc2cccnc12. The number of likely N-dealkylation sites (tertiary alicyclic amines) is 2. The van der Waals surface area contributed by atoms with Crippen molar-refractivity contribution in [1.29, 1.82) is 0 Å². The lowest BCUT2D eigenvalue weighted by atomic mass is 9.98. The van der Waals surface area contributed by atoms with Crippen LogP contribution in [0.2, 0.25) is 0 Å². The van der Waals surface area contributed by atoms with Crippen molar-refractivity contribution < 1.29 is 9.53 Å². The summed E-state index contributed by atoms with van der Waals surface area (Å²) in [7, 11) is 0. The summed E-state index contributed by atoms with van der Waals surface area (Å²) in [6.45, 7) is 7.21. The monoisotopic (exact) mass is 457 g/mol. The number of benzene rings is 2. The van der Waals surface area contributed by atoms with Gasteiger partial charge in [-0.3, -0.25) is 9.78 Å². The number of ether oxygens (including phenoxy) is 1. The van der Waals surface area contributed by atoms with E-state index in [2.05, 4.69) is 59.3 Å². The van der Waals surface area contributed by atoms with Crippen LogP contribution in [-0.4, -0.2) is 59.5 Å². The summed E-state index contributed by atoms with van der Waals surface area (Å²) in [6.07, 6.45) is 8.09. The van der Waals surface area contributed by atoms with E-state index in [1.54, 1.807) is 0 Å². The molecule has 1 aromatic heterocycles. The Balaban J connectivity index is 1.11. The third kappa shape index (κ3) is 5.25. The molecule has 2 saturated heterocycles. The molecule has 0 atom stereocenters. The van der Waals surface area contributed by atoms with Crippen molar-refractivity contribution in [2.24, 2.45) is 0 Å². The smallest absolute Gasteiger partial charge is 0.222 e. The normalized spacial score (nSPS) is 17.4. The van der Waals surface area contributed by atoms with Crippen LogP contribution >= 0.6 is 0 Å². The molecule has 0 spiro atoms. The number of aromatic nitrogens is 1. The highest BCUT2D eigenvalue weighted by atomic mass is 16.5.